The highest BCUT2D eigenvalue weighted by Crippen LogP contribution is 2.45. The number of amides is 2. The number of fused-ring (bicyclic) bond motifs is 3. The van der Waals surface area contributed by atoms with Gasteiger partial charge in [-0.3, -0.25) is 14.5 Å². The number of ether oxygens (including phenoxy) is 2. The largest absolute Gasteiger partial charge is 0.497 e. The number of aromatic nitrogens is 1. The maximum Gasteiger partial charge on any atom is 0.254 e. The van der Waals surface area contributed by atoms with E-state index in [9.17, 15) is 9.59 Å². The molecular weight excluding hydrogens is 502 g/mol. The second kappa shape index (κ2) is 10.6. The number of anilines is 1. The first-order valence-corrected chi connectivity index (χ1v) is 13.7. The molecule has 2 heterocycles. The summed E-state index contributed by atoms with van der Waals surface area (Å²) in [6, 6.07) is 24.8. The van der Waals surface area contributed by atoms with Crippen molar-refractivity contribution >= 4 is 17.5 Å². The lowest BCUT2D eigenvalue weighted by atomic mass is 9.96. The monoisotopic (exact) mass is 535 g/mol. The van der Waals surface area contributed by atoms with E-state index < -0.39 is 6.04 Å². The summed E-state index contributed by atoms with van der Waals surface area (Å²) >= 11 is 0. The summed E-state index contributed by atoms with van der Waals surface area (Å²) in [6.45, 7) is 2.07. The first kappa shape index (κ1) is 25.7. The van der Waals surface area contributed by atoms with Gasteiger partial charge in [-0.15, -0.1) is 0 Å². The van der Waals surface area contributed by atoms with Crippen LogP contribution in [0.1, 0.15) is 53.0 Å². The molecule has 1 aliphatic heterocycles. The summed E-state index contributed by atoms with van der Waals surface area (Å²) in [6.07, 6.45) is 4.72. The fraction of sp³-hybridized carbons (Fsp3) is 0.273. The number of para-hydroxylation sites is 2. The van der Waals surface area contributed by atoms with Crippen LogP contribution in [-0.2, 0) is 11.2 Å². The molecule has 1 unspecified atom stereocenters. The van der Waals surface area contributed by atoms with Crippen LogP contribution in [-0.4, -0.2) is 48.1 Å². The number of rotatable bonds is 8. The molecular formula is C33H33N3O4. The minimum Gasteiger partial charge on any atom is -0.497 e. The van der Waals surface area contributed by atoms with Crippen LogP contribution in [0.3, 0.4) is 0 Å². The zero-order valence-corrected chi connectivity index (χ0v) is 23.0. The maximum absolute atomic E-state index is 14.5. The van der Waals surface area contributed by atoms with Crippen molar-refractivity contribution in [3.8, 4) is 17.2 Å². The minimum absolute atomic E-state index is 0.0170. The fourth-order valence-electron chi connectivity index (χ4n) is 5.63. The van der Waals surface area contributed by atoms with Crippen molar-refractivity contribution in [3.63, 3.8) is 0 Å². The molecule has 2 aliphatic rings. The Bertz CT molecular complexity index is 1550. The molecule has 4 aromatic rings. The minimum atomic E-state index is -0.484. The molecule has 6 rings (SSSR count). The molecule has 0 spiro atoms. The Balaban J connectivity index is 1.43. The van der Waals surface area contributed by atoms with Gasteiger partial charge < -0.3 is 18.9 Å². The van der Waals surface area contributed by atoms with Crippen LogP contribution < -0.4 is 14.4 Å². The number of carbonyl (C=O) groups is 2. The number of hydrogen-bond donors (Lipinski definition) is 0. The standard InChI is InChI=1S/C33H33N3O4/c1-4-22-11-13-23(14-12-22)33(38)35(24-15-16-24)21-31(37)36-28-9-6-5-8-27(28)34-19-7-10-29(34)32(36)26-20-25(39-2)17-18-30(26)40-3/h5-14,17-20,24,32H,4,15-16,21H2,1-3H3. The molecule has 2 amide bonds. The highest BCUT2D eigenvalue weighted by atomic mass is 16.5. The van der Waals surface area contributed by atoms with Crippen LogP contribution in [0.25, 0.3) is 5.69 Å². The third-order valence-corrected chi connectivity index (χ3v) is 7.88. The molecule has 1 aromatic heterocycles. The fourth-order valence-corrected chi connectivity index (χ4v) is 5.63. The lowest BCUT2D eigenvalue weighted by Crippen LogP contribution is -2.47. The summed E-state index contributed by atoms with van der Waals surface area (Å²) in [4.78, 5) is 31.7. The highest BCUT2D eigenvalue weighted by molar-refractivity contribution is 6.03. The predicted molar refractivity (Wildman–Crippen MR) is 155 cm³/mol. The van der Waals surface area contributed by atoms with Gasteiger partial charge in [-0.05, 0) is 79.4 Å². The molecule has 0 saturated heterocycles. The Hall–Kier alpha value is -4.52. The lowest BCUT2D eigenvalue weighted by molar-refractivity contribution is -0.119. The maximum atomic E-state index is 14.5. The predicted octanol–water partition coefficient (Wildman–Crippen LogP) is 5.80. The van der Waals surface area contributed by atoms with Gasteiger partial charge in [0.1, 0.15) is 24.1 Å². The van der Waals surface area contributed by atoms with Crippen LogP contribution in [0.15, 0.2) is 85.1 Å². The lowest BCUT2D eigenvalue weighted by Gasteiger charge is -2.40. The number of hydrogen-bond acceptors (Lipinski definition) is 4. The van der Waals surface area contributed by atoms with Gasteiger partial charge in [0, 0.05) is 23.4 Å². The molecule has 7 heteroatoms. The second-order valence-electron chi connectivity index (χ2n) is 10.3. The van der Waals surface area contributed by atoms with Gasteiger partial charge in [-0.1, -0.05) is 31.2 Å². The number of nitrogens with zero attached hydrogens (tertiary/aromatic N) is 3. The highest BCUT2D eigenvalue weighted by Gasteiger charge is 2.41. The molecule has 1 atom stereocenters. The van der Waals surface area contributed by atoms with Crippen molar-refractivity contribution in [1.82, 2.24) is 9.47 Å². The number of methoxy groups -OCH3 is 2. The smallest absolute Gasteiger partial charge is 0.254 e. The topological polar surface area (TPSA) is 64.0 Å². The van der Waals surface area contributed by atoms with E-state index in [4.69, 9.17) is 9.47 Å². The molecule has 1 aliphatic carbocycles. The first-order chi connectivity index (χ1) is 19.5. The summed E-state index contributed by atoms with van der Waals surface area (Å²) in [7, 11) is 3.25. The van der Waals surface area contributed by atoms with E-state index in [1.807, 2.05) is 90.0 Å². The molecule has 1 fully saturated rings. The summed E-state index contributed by atoms with van der Waals surface area (Å²) in [5.74, 6) is 1.07. The van der Waals surface area contributed by atoms with Crippen molar-refractivity contribution < 1.29 is 19.1 Å². The van der Waals surface area contributed by atoms with Crippen LogP contribution in [0.4, 0.5) is 5.69 Å². The van der Waals surface area contributed by atoms with Gasteiger partial charge in [0.15, 0.2) is 0 Å². The third-order valence-electron chi connectivity index (χ3n) is 7.88. The van der Waals surface area contributed by atoms with Gasteiger partial charge in [0.2, 0.25) is 5.91 Å². The Morgan fingerprint density at radius 1 is 0.900 bits per heavy atom. The van der Waals surface area contributed by atoms with Crippen molar-refractivity contribution in [3.05, 3.63) is 107 Å². The zero-order valence-electron chi connectivity index (χ0n) is 23.0. The van der Waals surface area contributed by atoms with Crippen molar-refractivity contribution in [2.45, 2.75) is 38.3 Å². The summed E-state index contributed by atoms with van der Waals surface area (Å²) in [5, 5.41) is 0. The summed E-state index contributed by atoms with van der Waals surface area (Å²) in [5.41, 5.74) is 5.21. The van der Waals surface area contributed by atoms with E-state index in [1.54, 1.807) is 19.1 Å². The van der Waals surface area contributed by atoms with Crippen molar-refractivity contribution in [2.24, 2.45) is 0 Å². The van der Waals surface area contributed by atoms with Gasteiger partial charge >= 0.3 is 0 Å². The van der Waals surface area contributed by atoms with Gasteiger partial charge in [-0.25, -0.2) is 0 Å². The quantitative estimate of drug-likeness (QED) is 0.286. The van der Waals surface area contributed by atoms with Crippen LogP contribution in [0.5, 0.6) is 11.5 Å². The normalized spacial score (nSPS) is 15.7. The number of benzene rings is 3. The van der Waals surface area contributed by atoms with Crippen LogP contribution in [0.2, 0.25) is 0 Å². The second-order valence-corrected chi connectivity index (χ2v) is 10.3. The van der Waals surface area contributed by atoms with Crippen molar-refractivity contribution in [2.75, 3.05) is 25.7 Å². The number of carbonyl (C=O) groups excluding carboxylic acids is 2. The molecule has 40 heavy (non-hydrogen) atoms. The Morgan fingerprint density at radius 2 is 1.65 bits per heavy atom. The molecule has 1 saturated carbocycles. The molecule has 0 N–H and O–H groups in total. The zero-order chi connectivity index (χ0) is 27.8. The SMILES string of the molecule is CCc1ccc(C(=O)N(CC(=O)N2c3ccccc3-n3cccc3C2c2cc(OC)ccc2OC)C2CC2)cc1. The molecule has 0 radical (unpaired) electrons. The van der Waals surface area contributed by atoms with E-state index in [1.165, 1.54) is 5.56 Å². The average Bonchev–Trinajstić information content (AvgIpc) is 3.73. The Kier molecular flexibility index (Phi) is 6.80. The summed E-state index contributed by atoms with van der Waals surface area (Å²) < 4.78 is 13.5. The Morgan fingerprint density at radius 3 is 2.33 bits per heavy atom. The van der Waals surface area contributed by atoms with E-state index in [0.29, 0.717) is 17.1 Å². The van der Waals surface area contributed by atoms with E-state index >= 15 is 0 Å². The van der Waals surface area contributed by atoms with Crippen molar-refractivity contribution in [1.29, 1.82) is 0 Å². The van der Waals surface area contributed by atoms with Crippen LogP contribution in [0, 0.1) is 0 Å². The average molecular weight is 536 g/mol. The molecule has 3 aromatic carbocycles. The third kappa shape index (κ3) is 4.51. The van der Waals surface area contributed by atoms with E-state index in [0.717, 1.165) is 41.9 Å². The molecule has 0 bridgehead atoms. The Labute approximate surface area is 234 Å². The van der Waals surface area contributed by atoms with Gasteiger partial charge in [-0.2, -0.15) is 0 Å². The van der Waals surface area contributed by atoms with Crippen LogP contribution >= 0.6 is 0 Å². The van der Waals surface area contributed by atoms with E-state index in [2.05, 4.69) is 11.5 Å². The van der Waals surface area contributed by atoms with Gasteiger partial charge in [0.05, 0.1) is 31.3 Å². The number of aryl methyl sites for hydroxylation is 1. The van der Waals surface area contributed by atoms with E-state index in [-0.39, 0.29) is 24.4 Å². The molecule has 204 valence electrons. The molecule has 7 nitrogen and oxygen atoms in total. The first-order valence-electron chi connectivity index (χ1n) is 13.7. The van der Waals surface area contributed by atoms with Gasteiger partial charge in [0.25, 0.3) is 5.91 Å².